The molecule has 0 aromatic heterocycles. The SMILES string of the molecule is C=C1C2CCC(C)(C)C1CCC(C)(OC)C2.II. The van der Waals surface area contributed by atoms with Gasteiger partial charge in [-0.3, -0.25) is 0 Å². The van der Waals surface area contributed by atoms with Gasteiger partial charge in [0, 0.05) is 44.3 Å². The molecule has 0 spiro atoms. The fraction of sp³-hybridized carbons (Fsp3) is 0.867. The van der Waals surface area contributed by atoms with Gasteiger partial charge in [-0.1, -0.05) is 26.0 Å². The Balaban J connectivity index is 0.000000771. The molecule has 18 heavy (non-hydrogen) atoms. The van der Waals surface area contributed by atoms with Gasteiger partial charge in [-0.05, 0) is 56.3 Å². The first kappa shape index (κ1) is 17.2. The zero-order chi connectivity index (χ0) is 14.0. The van der Waals surface area contributed by atoms with Gasteiger partial charge in [-0.25, -0.2) is 0 Å². The van der Waals surface area contributed by atoms with Gasteiger partial charge in [-0.15, -0.1) is 0 Å². The molecule has 2 saturated carbocycles. The fourth-order valence-corrected chi connectivity index (χ4v) is 3.76. The van der Waals surface area contributed by atoms with Crippen LogP contribution in [0.2, 0.25) is 0 Å². The van der Waals surface area contributed by atoms with Gasteiger partial charge in [0.25, 0.3) is 0 Å². The Bertz CT molecular complexity index is 301. The van der Waals surface area contributed by atoms with E-state index in [2.05, 4.69) is 64.6 Å². The molecule has 2 aliphatic carbocycles. The van der Waals surface area contributed by atoms with Crippen LogP contribution >= 0.6 is 37.2 Å². The van der Waals surface area contributed by atoms with Crippen LogP contribution < -0.4 is 0 Å². The Labute approximate surface area is 136 Å². The van der Waals surface area contributed by atoms with Crippen molar-refractivity contribution in [3.8, 4) is 0 Å². The van der Waals surface area contributed by atoms with Gasteiger partial charge < -0.3 is 4.74 Å². The molecule has 0 aliphatic heterocycles. The molecule has 3 unspecified atom stereocenters. The lowest BCUT2D eigenvalue weighted by Gasteiger charge is -2.43. The van der Waals surface area contributed by atoms with E-state index in [-0.39, 0.29) is 5.60 Å². The quantitative estimate of drug-likeness (QED) is 0.336. The molecule has 2 aliphatic rings. The summed E-state index contributed by atoms with van der Waals surface area (Å²) in [7, 11) is 1.86. The summed E-state index contributed by atoms with van der Waals surface area (Å²) in [6, 6.07) is 0. The van der Waals surface area contributed by atoms with Crippen LogP contribution in [0.1, 0.15) is 52.9 Å². The molecule has 106 valence electrons. The summed E-state index contributed by atoms with van der Waals surface area (Å²) in [6.45, 7) is 11.5. The fourth-order valence-electron chi connectivity index (χ4n) is 3.76. The van der Waals surface area contributed by atoms with E-state index in [1.807, 2.05) is 7.11 Å². The van der Waals surface area contributed by atoms with E-state index in [4.69, 9.17) is 4.74 Å². The van der Waals surface area contributed by atoms with Gasteiger partial charge in [0.15, 0.2) is 0 Å². The molecule has 0 radical (unpaired) electrons. The van der Waals surface area contributed by atoms with E-state index in [0.717, 1.165) is 0 Å². The lowest BCUT2D eigenvalue weighted by atomic mass is 9.62. The second-order valence-electron chi connectivity index (χ2n) is 6.75. The minimum absolute atomic E-state index is 0.0861. The Morgan fingerprint density at radius 3 is 2.33 bits per heavy atom. The molecule has 0 heterocycles. The highest BCUT2D eigenvalue weighted by Crippen LogP contribution is 2.53. The lowest BCUT2D eigenvalue weighted by Crippen LogP contribution is -2.33. The molecule has 3 atom stereocenters. The zero-order valence-electron chi connectivity index (χ0n) is 12.1. The molecule has 0 amide bonds. The Morgan fingerprint density at radius 1 is 1.17 bits per heavy atom. The molecule has 1 nitrogen and oxygen atoms in total. The van der Waals surface area contributed by atoms with Crippen molar-refractivity contribution < 1.29 is 4.74 Å². The van der Waals surface area contributed by atoms with E-state index in [1.165, 1.54) is 37.7 Å². The third kappa shape index (κ3) is 3.62. The minimum Gasteiger partial charge on any atom is -0.379 e. The van der Waals surface area contributed by atoms with E-state index in [9.17, 15) is 0 Å². The monoisotopic (exact) mass is 476 g/mol. The van der Waals surface area contributed by atoms with Crippen LogP contribution in [0.25, 0.3) is 0 Å². The number of hydrogen-bond donors (Lipinski definition) is 0. The van der Waals surface area contributed by atoms with Crippen LogP contribution in [0.3, 0.4) is 0 Å². The third-order valence-electron chi connectivity index (χ3n) is 5.19. The predicted molar refractivity (Wildman–Crippen MR) is 96.4 cm³/mol. The van der Waals surface area contributed by atoms with Crippen molar-refractivity contribution in [2.45, 2.75) is 58.5 Å². The van der Waals surface area contributed by atoms with Crippen molar-refractivity contribution in [1.82, 2.24) is 0 Å². The molecule has 0 aromatic carbocycles. The van der Waals surface area contributed by atoms with Gasteiger partial charge >= 0.3 is 0 Å². The number of allylic oxidation sites excluding steroid dienone is 1. The smallest absolute Gasteiger partial charge is 0.0656 e. The molecule has 3 heteroatoms. The summed E-state index contributed by atoms with van der Waals surface area (Å²) >= 11 is 4.24. The van der Waals surface area contributed by atoms with Crippen LogP contribution in [0.5, 0.6) is 0 Å². The van der Waals surface area contributed by atoms with Crippen molar-refractivity contribution in [3.63, 3.8) is 0 Å². The maximum Gasteiger partial charge on any atom is 0.0656 e. The highest BCUT2D eigenvalue weighted by molar-refractivity contribution is 15.0. The van der Waals surface area contributed by atoms with E-state index in [0.29, 0.717) is 17.3 Å². The van der Waals surface area contributed by atoms with Gasteiger partial charge in [0.2, 0.25) is 0 Å². The topological polar surface area (TPSA) is 9.23 Å². The largest absolute Gasteiger partial charge is 0.379 e. The normalized spacial score (nSPS) is 38.4. The number of fused-ring (bicyclic) bond motifs is 2. The first-order valence-corrected chi connectivity index (χ1v) is 13.0. The van der Waals surface area contributed by atoms with Gasteiger partial charge in [0.1, 0.15) is 0 Å². The number of methoxy groups -OCH3 is 1. The number of rotatable bonds is 1. The average molecular weight is 476 g/mol. The van der Waals surface area contributed by atoms with Crippen LogP contribution in [-0.4, -0.2) is 12.7 Å². The molecular formula is C15H26I2O. The molecule has 2 bridgehead atoms. The van der Waals surface area contributed by atoms with E-state index in [1.54, 1.807) is 0 Å². The van der Waals surface area contributed by atoms with E-state index < -0.39 is 0 Å². The lowest BCUT2D eigenvalue weighted by molar-refractivity contribution is -0.0144. The van der Waals surface area contributed by atoms with Crippen molar-refractivity contribution >= 4 is 37.2 Å². The Hall–Kier alpha value is 1.16. The standard InChI is InChI=1S/C15H26O.I2/c1-11-12-6-8-14(2,3)13(11)7-9-15(4,10-12)16-5;1-2/h12-13H,1,6-10H2,2-5H3;. The summed E-state index contributed by atoms with van der Waals surface area (Å²) in [5.74, 6) is 1.41. The molecule has 0 saturated heterocycles. The van der Waals surface area contributed by atoms with Crippen molar-refractivity contribution in [2.24, 2.45) is 17.3 Å². The number of ether oxygens (including phenoxy) is 1. The summed E-state index contributed by atoms with van der Waals surface area (Å²) in [5.41, 5.74) is 2.05. The minimum atomic E-state index is 0.0861. The highest BCUT2D eigenvalue weighted by Gasteiger charge is 2.44. The first-order valence-electron chi connectivity index (χ1n) is 6.76. The summed E-state index contributed by atoms with van der Waals surface area (Å²) in [4.78, 5) is 0. The molecule has 2 rings (SSSR count). The Morgan fingerprint density at radius 2 is 1.78 bits per heavy atom. The zero-order valence-corrected chi connectivity index (χ0v) is 16.4. The second kappa shape index (κ2) is 6.74. The Kier molecular flexibility index (Phi) is 6.45. The van der Waals surface area contributed by atoms with Gasteiger partial charge in [0.05, 0.1) is 5.60 Å². The van der Waals surface area contributed by atoms with Crippen molar-refractivity contribution in [1.29, 1.82) is 0 Å². The number of hydrogen-bond acceptors (Lipinski definition) is 1. The van der Waals surface area contributed by atoms with Crippen LogP contribution in [0, 0.1) is 17.3 Å². The summed E-state index contributed by atoms with van der Waals surface area (Å²) < 4.78 is 5.74. The summed E-state index contributed by atoms with van der Waals surface area (Å²) in [6.07, 6.45) is 6.27. The maximum atomic E-state index is 5.74. The average Bonchev–Trinajstić information content (AvgIpc) is 2.44. The second-order valence-corrected chi connectivity index (χ2v) is 6.75. The third-order valence-corrected chi connectivity index (χ3v) is 5.19. The number of halogens is 2. The molecule has 0 aromatic rings. The van der Waals surface area contributed by atoms with E-state index >= 15 is 0 Å². The first-order chi connectivity index (χ1) is 8.38. The van der Waals surface area contributed by atoms with Crippen LogP contribution in [0.15, 0.2) is 12.2 Å². The van der Waals surface area contributed by atoms with Crippen molar-refractivity contribution in [2.75, 3.05) is 7.11 Å². The van der Waals surface area contributed by atoms with Crippen molar-refractivity contribution in [3.05, 3.63) is 12.2 Å². The summed E-state index contributed by atoms with van der Waals surface area (Å²) in [5, 5.41) is 0. The molecule has 2 fully saturated rings. The maximum absolute atomic E-state index is 5.74. The predicted octanol–water partition coefficient (Wildman–Crippen LogP) is 5.96. The van der Waals surface area contributed by atoms with Gasteiger partial charge in [-0.2, -0.15) is 0 Å². The van der Waals surface area contributed by atoms with Crippen LogP contribution in [-0.2, 0) is 4.74 Å². The highest BCUT2D eigenvalue weighted by atomic mass is 128. The molecule has 0 N–H and O–H groups in total. The molecular weight excluding hydrogens is 450 g/mol. The van der Waals surface area contributed by atoms with Crippen LogP contribution in [0.4, 0.5) is 0 Å².